The summed E-state index contributed by atoms with van der Waals surface area (Å²) in [6.45, 7) is 1.53. The minimum Gasteiger partial charge on any atom is -0.478 e. The van der Waals surface area contributed by atoms with Gasteiger partial charge in [0.2, 0.25) is 5.91 Å². The average Bonchev–Trinajstić information content (AvgIpc) is 3.15. The fraction of sp³-hybridized carbons (Fsp3) is 0.385. The summed E-state index contributed by atoms with van der Waals surface area (Å²) in [5, 5.41) is 11.0. The lowest BCUT2D eigenvalue weighted by Gasteiger charge is -2.23. The van der Waals surface area contributed by atoms with Gasteiger partial charge < -0.3 is 16.2 Å². The Labute approximate surface area is 113 Å². The van der Waals surface area contributed by atoms with Crippen molar-refractivity contribution < 1.29 is 23.5 Å². The minimum atomic E-state index is -1.55. The summed E-state index contributed by atoms with van der Waals surface area (Å²) in [5.74, 6) is -4.40. The van der Waals surface area contributed by atoms with E-state index in [9.17, 15) is 18.4 Å². The lowest BCUT2D eigenvalue weighted by atomic mass is 9.96. The van der Waals surface area contributed by atoms with Crippen LogP contribution < -0.4 is 11.1 Å². The number of hydrogen-bond acceptors (Lipinski definition) is 3. The van der Waals surface area contributed by atoms with E-state index in [2.05, 4.69) is 5.32 Å². The maximum atomic E-state index is 13.6. The predicted octanol–water partition coefficient (Wildman–Crippen LogP) is 1.73. The van der Waals surface area contributed by atoms with Crippen molar-refractivity contribution >= 4 is 17.6 Å². The summed E-state index contributed by atoms with van der Waals surface area (Å²) in [6, 6.07) is 1.16. The number of carboxylic acid groups (broad SMARTS) is 1. The molecule has 1 aromatic carbocycles. The molecule has 0 heterocycles. The first-order valence-electron chi connectivity index (χ1n) is 6.06. The molecule has 7 heteroatoms. The summed E-state index contributed by atoms with van der Waals surface area (Å²) in [7, 11) is 0. The maximum absolute atomic E-state index is 13.6. The molecule has 20 heavy (non-hydrogen) atoms. The van der Waals surface area contributed by atoms with E-state index in [-0.39, 0.29) is 5.92 Å². The Morgan fingerprint density at radius 1 is 1.35 bits per heavy atom. The molecule has 1 unspecified atom stereocenters. The SMILES string of the molecule is CC(N)(C(=O)Nc1cc(C(=O)O)c(F)cc1F)C1CC1. The topological polar surface area (TPSA) is 92.4 Å². The van der Waals surface area contributed by atoms with Crippen molar-refractivity contribution in [2.24, 2.45) is 11.7 Å². The fourth-order valence-electron chi connectivity index (χ4n) is 1.93. The van der Waals surface area contributed by atoms with Gasteiger partial charge in [-0.1, -0.05) is 0 Å². The van der Waals surface area contributed by atoms with Gasteiger partial charge in [-0.25, -0.2) is 13.6 Å². The lowest BCUT2D eigenvalue weighted by molar-refractivity contribution is -0.121. The highest BCUT2D eigenvalue weighted by molar-refractivity contribution is 5.99. The zero-order chi connectivity index (χ0) is 15.1. The van der Waals surface area contributed by atoms with E-state index in [1.165, 1.54) is 6.92 Å². The van der Waals surface area contributed by atoms with Crippen molar-refractivity contribution in [3.05, 3.63) is 29.3 Å². The van der Waals surface area contributed by atoms with Gasteiger partial charge in [-0.2, -0.15) is 0 Å². The number of nitrogens with one attached hydrogen (secondary N) is 1. The van der Waals surface area contributed by atoms with Crippen LogP contribution in [0.15, 0.2) is 12.1 Å². The first-order chi connectivity index (χ1) is 9.23. The number of amides is 1. The van der Waals surface area contributed by atoms with Crippen molar-refractivity contribution in [2.75, 3.05) is 5.32 Å². The Balaban J connectivity index is 2.27. The van der Waals surface area contributed by atoms with Crippen LogP contribution in [0.1, 0.15) is 30.1 Å². The molecule has 0 radical (unpaired) electrons. The molecule has 108 valence electrons. The second kappa shape index (κ2) is 4.82. The van der Waals surface area contributed by atoms with Gasteiger partial charge in [0, 0.05) is 6.07 Å². The monoisotopic (exact) mass is 284 g/mol. The first kappa shape index (κ1) is 14.4. The summed E-state index contributed by atoms with van der Waals surface area (Å²) < 4.78 is 26.8. The molecular weight excluding hydrogens is 270 g/mol. The minimum absolute atomic E-state index is 0.0185. The van der Waals surface area contributed by atoms with Crippen molar-refractivity contribution in [3.8, 4) is 0 Å². The molecule has 1 aromatic rings. The number of carbonyl (C=O) groups is 2. The third kappa shape index (κ3) is 2.62. The number of hydrogen-bond donors (Lipinski definition) is 3. The van der Waals surface area contributed by atoms with Gasteiger partial charge in [0.1, 0.15) is 11.6 Å². The van der Waals surface area contributed by atoms with Crippen LogP contribution in [0.2, 0.25) is 0 Å². The van der Waals surface area contributed by atoms with E-state index >= 15 is 0 Å². The molecule has 0 aromatic heterocycles. The second-order valence-corrected chi connectivity index (χ2v) is 5.13. The molecule has 0 bridgehead atoms. The van der Waals surface area contributed by atoms with Crippen molar-refractivity contribution in [1.29, 1.82) is 0 Å². The molecule has 1 atom stereocenters. The van der Waals surface area contributed by atoms with E-state index in [0.717, 1.165) is 18.9 Å². The highest BCUT2D eigenvalue weighted by Crippen LogP contribution is 2.38. The smallest absolute Gasteiger partial charge is 0.338 e. The number of rotatable bonds is 4. The summed E-state index contributed by atoms with van der Waals surface area (Å²) in [6.07, 6.45) is 1.62. The maximum Gasteiger partial charge on any atom is 0.338 e. The molecule has 0 saturated heterocycles. The molecule has 1 amide bonds. The molecule has 1 aliphatic carbocycles. The van der Waals surface area contributed by atoms with E-state index in [0.29, 0.717) is 6.07 Å². The fourth-order valence-corrected chi connectivity index (χ4v) is 1.93. The molecule has 2 rings (SSSR count). The standard InChI is InChI=1S/C13H14F2N2O3/c1-13(16,6-2-3-6)12(20)17-10-4-7(11(18)19)8(14)5-9(10)15/h4-6H,2-3,16H2,1H3,(H,17,20)(H,18,19). The molecule has 1 saturated carbocycles. The quantitative estimate of drug-likeness (QED) is 0.785. The highest BCUT2D eigenvalue weighted by atomic mass is 19.1. The van der Waals surface area contributed by atoms with Gasteiger partial charge in [0.05, 0.1) is 16.8 Å². The van der Waals surface area contributed by atoms with Gasteiger partial charge >= 0.3 is 5.97 Å². The normalized spacial score (nSPS) is 17.4. The van der Waals surface area contributed by atoms with Gasteiger partial charge in [-0.3, -0.25) is 4.79 Å². The predicted molar refractivity (Wildman–Crippen MR) is 67.3 cm³/mol. The zero-order valence-electron chi connectivity index (χ0n) is 10.7. The Bertz CT molecular complexity index is 583. The Morgan fingerprint density at radius 2 is 1.95 bits per heavy atom. The molecule has 1 aliphatic rings. The third-order valence-corrected chi connectivity index (χ3v) is 3.45. The van der Waals surface area contributed by atoms with Crippen molar-refractivity contribution in [1.82, 2.24) is 0 Å². The first-order valence-corrected chi connectivity index (χ1v) is 6.06. The summed E-state index contributed by atoms with van der Waals surface area (Å²) in [5.41, 5.74) is 3.59. The molecule has 4 N–H and O–H groups in total. The Kier molecular flexibility index (Phi) is 3.47. The van der Waals surface area contributed by atoms with Gasteiger partial charge in [-0.15, -0.1) is 0 Å². The summed E-state index contributed by atoms with van der Waals surface area (Å²) in [4.78, 5) is 22.8. The number of nitrogens with two attached hydrogens (primary N) is 1. The van der Waals surface area contributed by atoms with Crippen LogP contribution in [0.25, 0.3) is 0 Å². The number of benzene rings is 1. The van der Waals surface area contributed by atoms with E-state index in [4.69, 9.17) is 10.8 Å². The molecular formula is C13H14F2N2O3. The van der Waals surface area contributed by atoms with Gasteiger partial charge in [0.25, 0.3) is 0 Å². The number of carboxylic acids is 1. The molecule has 0 aliphatic heterocycles. The van der Waals surface area contributed by atoms with E-state index in [1.54, 1.807) is 0 Å². The Morgan fingerprint density at radius 3 is 2.45 bits per heavy atom. The van der Waals surface area contributed by atoms with Gasteiger partial charge in [0.15, 0.2) is 0 Å². The second-order valence-electron chi connectivity index (χ2n) is 5.13. The van der Waals surface area contributed by atoms with Crippen LogP contribution in [0.4, 0.5) is 14.5 Å². The van der Waals surface area contributed by atoms with Crippen molar-refractivity contribution in [2.45, 2.75) is 25.3 Å². The van der Waals surface area contributed by atoms with Crippen LogP contribution in [0.3, 0.4) is 0 Å². The zero-order valence-corrected chi connectivity index (χ0v) is 10.7. The van der Waals surface area contributed by atoms with Crippen molar-refractivity contribution in [3.63, 3.8) is 0 Å². The largest absolute Gasteiger partial charge is 0.478 e. The van der Waals surface area contributed by atoms with Crippen LogP contribution in [0.5, 0.6) is 0 Å². The lowest BCUT2D eigenvalue weighted by Crippen LogP contribution is -2.50. The van der Waals surface area contributed by atoms with Crippen LogP contribution in [0, 0.1) is 17.6 Å². The number of carbonyl (C=O) groups excluding carboxylic acids is 1. The Hall–Kier alpha value is -2.02. The molecule has 1 fully saturated rings. The van der Waals surface area contributed by atoms with E-state index < -0.39 is 40.3 Å². The number of aromatic carboxylic acids is 1. The average molecular weight is 284 g/mol. The number of halogens is 2. The molecule has 5 nitrogen and oxygen atoms in total. The number of anilines is 1. The summed E-state index contributed by atoms with van der Waals surface area (Å²) >= 11 is 0. The van der Waals surface area contributed by atoms with Crippen LogP contribution in [-0.4, -0.2) is 22.5 Å². The molecule has 0 spiro atoms. The van der Waals surface area contributed by atoms with E-state index in [1.807, 2.05) is 0 Å². The third-order valence-electron chi connectivity index (χ3n) is 3.45. The highest BCUT2D eigenvalue weighted by Gasteiger charge is 2.44. The van der Waals surface area contributed by atoms with Crippen LogP contribution in [-0.2, 0) is 4.79 Å². The van der Waals surface area contributed by atoms with Crippen LogP contribution >= 0.6 is 0 Å². The van der Waals surface area contributed by atoms with Gasteiger partial charge in [-0.05, 0) is 31.7 Å².